The number of thioether (sulfide) groups is 1. The van der Waals surface area contributed by atoms with Crippen molar-refractivity contribution in [3.8, 4) is 0 Å². The number of benzene rings is 2. The van der Waals surface area contributed by atoms with Crippen LogP contribution in [0.2, 0.25) is 0 Å². The summed E-state index contributed by atoms with van der Waals surface area (Å²) >= 11 is 5.26. The quantitative estimate of drug-likeness (QED) is 0.761. The van der Waals surface area contributed by atoms with E-state index in [1.54, 1.807) is 6.07 Å². The molecule has 92 valence electrons. The summed E-state index contributed by atoms with van der Waals surface area (Å²) in [5.41, 5.74) is 2.19. The van der Waals surface area contributed by atoms with Crippen LogP contribution in [0.1, 0.15) is 11.1 Å². The second-order valence-electron chi connectivity index (χ2n) is 4.49. The van der Waals surface area contributed by atoms with Crippen LogP contribution in [-0.4, -0.2) is 5.25 Å². The molecule has 0 radical (unpaired) electrons. The van der Waals surface area contributed by atoms with Gasteiger partial charge in [0.25, 0.3) is 0 Å². The Morgan fingerprint density at radius 1 is 1.22 bits per heavy atom. The first kappa shape index (κ1) is 12.2. The Morgan fingerprint density at radius 2 is 2.06 bits per heavy atom. The van der Waals surface area contributed by atoms with Crippen LogP contribution in [-0.2, 0) is 12.8 Å². The van der Waals surface area contributed by atoms with E-state index in [1.165, 1.54) is 16.5 Å². The predicted molar refractivity (Wildman–Crippen MR) is 77.6 cm³/mol. The van der Waals surface area contributed by atoms with E-state index in [9.17, 15) is 4.39 Å². The van der Waals surface area contributed by atoms with Crippen molar-refractivity contribution in [2.75, 3.05) is 0 Å². The summed E-state index contributed by atoms with van der Waals surface area (Å²) in [6.07, 6.45) is 1.82. The van der Waals surface area contributed by atoms with Crippen molar-refractivity contribution in [2.45, 2.75) is 23.0 Å². The third kappa shape index (κ3) is 2.47. The van der Waals surface area contributed by atoms with Gasteiger partial charge in [-0.3, -0.25) is 0 Å². The van der Waals surface area contributed by atoms with Crippen molar-refractivity contribution in [2.24, 2.45) is 0 Å². The van der Waals surface area contributed by atoms with Crippen LogP contribution in [0.25, 0.3) is 0 Å². The highest BCUT2D eigenvalue weighted by Gasteiger charge is 2.22. The zero-order valence-electron chi connectivity index (χ0n) is 9.70. The minimum absolute atomic E-state index is 0.102. The van der Waals surface area contributed by atoms with Gasteiger partial charge in [-0.25, -0.2) is 4.39 Å². The SMILES string of the molecule is Fc1ccc(Br)cc1CC1Cc2ccccc2S1. The van der Waals surface area contributed by atoms with Gasteiger partial charge >= 0.3 is 0 Å². The molecule has 3 heteroatoms. The summed E-state index contributed by atoms with van der Waals surface area (Å²) in [5, 5.41) is 0.450. The first-order valence-corrected chi connectivity index (χ1v) is 7.58. The smallest absolute Gasteiger partial charge is 0.126 e. The maximum atomic E-state index is 13.7. The Kier molecular flexibility index (Phi) is 3.44. The molecule has 0 amide bonds. The number of rotatable bonds is 2. The minimum atomic E-state index is -0.102. The Balaban J connectivity index is 1.78. The van der Waals surface area contributed by atoms with Crippen LogP contribution in [0.3, 0.4) is 0 Å². The Morgan fingerprint density at radius 3 is 2.89 bits per heavy atom. The van der Waals surface area contributed by atoms with Gasteiger partial charge in [-0.05, 0) is 48.2 Å². The van der Waals surface area contributed by atoms with Crippen molar-refractivity contribution in [3.63, 3.8) is 0 Å². The van der Waals surface area contributed by atoms with E-state index in [4.69, 9.17) is 0 Å². The Hall–Kier alpha value is -0.800. The molecule has 1 unspecified atom stereocenters. The van der Waals surface area contributed by atoms with Crippen molar-refractivity contribution in [1.82, 2.24) is 0 Å². The fraction of sp³-hybridized carbons (Fsp3) is 0.200. The molecule has 0 nitrogen and oxygen atoms in total. The predicted octanol–water partition coefficient (Wildman–Crippen LogP) is 4.85. The molecule has 1 atom stereocenters. The summed E-state index contributed by atoms with van der Waals surface area (Å²) in [7, 11) is 0. The highest BCUT2D eigenvalue weighted by atomic mass is 79.9. The molecule has 0 saturated heterocycles. The molecule has 1 heterocycles. The lowest BCUT2D eigenvalue weighted by Crippen LogP contribution is -2.06. The van der Waals surface area contributed by atoms with Crippen LogP contribution in [0.4, 0.5) is 4.39 Å². The average molecular weight is 323 g/mol. The molecule has 0 aliphatic carbocycles. The number of hydrogen-bond acceptors (Lipinski definition) is 1. The van der Waals surface area contributed by atoms with Crippen LogP contribution in [0, 0.1) is 5.82 Å². The maximum Gasteiger partial charge on any atom is 0.126 e. The molecule has 2 aromatic rings. The van der Waals surface area contributed by atoms with Crippen molar-refractivity contribution < 1.29 is 4.39 Å². The minimum Gasteiger partial charge on any atom is -0.207 e. The van der Waals surface area contributed by atoms with Gasteiger partial charge in [0.1, 0.15) is 5.82 Å². The molecule has 0 aromatic heterocycles. The maximum absolute atomic E-state index is 13.7. The van der Waals surface area contributed by atoms with Crippen LogP contribution in [0.15, 0.2) is 51.8 Å². The topological polar surface area (TPSA) is 0 Å². The normalized spacial score (nSPS) is 17.8. The molecule has 0 bridgehead atoms. The zero-order valence-corrected chi connectivity index (χ0v) is 12.1. The molecule has 0 N–H and O–H groups in total. The number of hydrogen-bond donors (Lipinski definition) is 0. The summed E-state index contributed by atoms with van der Waals surface area (Å²) in [6, 6.07) is 13.6. The average Bonchev–Trinajstić information content (AvgIpc) is 2.76. The third-order valence-corrected chi connectivity index (χ3v) is 4.98. The van der Waals surface area contributed by atoms with E-state index in [0.29, 0.717) is 5.25 Å². The van der Waals surface area contributed by atoms with Gasteiger partial charge < -0.3 is 0 Å². The fourth-order valence-corrected chi connectivity index (χ4v) is 4.07. The summed E-state index contributed by atoms with van der Waals surface area (Å²) < 4.78 is 14.7. The van der Waals surface area contributed by atoms with Crippen molar-refractivity contribution in [3.05, 3.63) is 63.9 Å². The molecule has 0 fully saturated rings. The fourth-order valence-electron chi connectivity index (χ4n) is 2.31. The lowest BCUT2D eigenvalue weighted by molar-refractivity contribution is 0.606. The third-order valence-electron chi connectivity index (χ3n) is 3.17. The number of fused-ring (bicyclic) bond motifs is 1. The highest BCUT2D eigenvalue weighted by Crippen LogP contribution is 2.38. The van der Waals surface area contributed by atoms with Crippen molar-refractivity contribution >= 4 is 27.7 Å². The van der Waals surface area contributed by atoms with E-state index in [-0.39, 0.29) is 5.82 Å². The largest absolute Gasteiger partial charge is 0.207 e. The van der Waals surface area contributed by atoms with E-state index in [2.05, 4.69) is 40.2 Å². The number of halogens is 2. The van der Waals surface area contributed by atoms with Gasteiger partial charge in [0.15, 0.2) is 0 Å². The van der Waals surface area contributed by atoms with Gasteiger partial charge in [0.2, 0.25) is 0 Å². The summed E-state index contributed by atoms with van der Waals surface area (Å²) in [5.74, 6) is -0.102. The van der Waals surface area contributed by atoms with Gasteiger partial charge in [0.05, 0.1) is 0 Å². The van der Waals surface area contributed by atoms with Crippen molar-refractivity contribution in [1.29, 1.82) is 0 Å². The molecule has 18 heavy (non-hydrogen) atoms. The van der Waals surface area contributed by atoms with E-state index < -0.39 is 0 Å². The molecular weight excluding hydrogens is 311 g/mol. The van der Waals surface area contributed by atoms with Gasteiger partial charge in [-0.1, -0.05) is 34.1 Å². The molecule has 2 aromatic carbocycles. The van der Waals surface area contributed by atoms with Crippen LogP contribution >= 0.6 is 27.7 Å². The molecule has 1 aliphatic rings. The van der Waals surface area contributed by atoms with Gasteiger partial charge in [0, 0.05) is 14.6 Å². The van der Waals surface area contributed by atoms with E-state index in [0.717, 1.165) is 22.9 Å². The van der Waals surface area contributed by atoms with E-state index >= 15 is 0 Å². The lowest BCUT2D eigenvalue weighted by Gasteiger charge is -2.09. The standard InChI is InChI=1S/C15H12BrFS/c16-12-5-6-14(17)11(7-12)9-13-8-10-3-1-2-4-15(10)18-13/h1-7,13H,8-9H2. The van der Waals surface area contributed by atoms with Gasteiger partial charge in [-0.15, -0.1) is 11.8 Å². The molecule has 3 rings (SSSR count). The molecular formula is C15H12BrFS. The first-order valence-electron chi connectivity index (χ1n) is 5.91. The lowest BCUT2D eigenvalue weighted by atomic mass is 10.0. The highest BCUT2D eigenvalue weighted by molar-refractivity contribution is 9.10. The van der Waals surface area contributed by atoms with E-state index in [1.807, 2.05) is 17.8 Å². The molecule has 0 spiro atoms. The van der Waals surface area contributed by atoms with Crippen LogP contribution < -0.4 is 0 Å². The molecule has 0 saturated carbocycles. The first-order chi connectivity index (χ1) is 8.72. The summed E-state index contributed by atoms with van der Waals surface area (Å²) in [6.45, 7) is 0. The Bertz CT molecular complexity index is 557. The molecule has 1 aliphatic heterocycles. The second kappa shape index (κ2) is 5.06. The monoisotopic (exact) mass is 322 g/mol. The summed E-state index contributed by atoms with van der Waals surface area (Å²) in [4.78, 5) is 1.35. The van der Waals surface area contributed by atoms with Crippen LogP contribution in [0.5, 0.6) is 0 Å². The zero-order chi connectivity index (χ0) is 12.5. The van der Waals surface area contributed by atoms with Gasteiger partial charge in [-0.2, -0.15) is 0 Å². The second-order valence-corrected chi connectivity index (χ2v) is 6.75. The Labute approximate surface area is 119 Å².